The number of piperidine rings is 1. The zero-order chi connectivity index (χ0) is 18.6. The molecule has 2 N–H and O–H groups in total. The Balaban J connectivity index is 1.34. The molecule has 1 aromatic heterocycles. The number of hydrogen-bond donors (Lipinski definition) is 2. The summed E-state index contributed by atoms with van der Waals surface area (Å²) in [5.74, 6) is 2.58. The van der Waals surface area contributed by atoms with Crippen LogP contribution in [0.1, 0.15) is 61.7 Å². The number of nitrogens with zero attached hydrogens (tertiary/aromatic N) is 3. The molecule has 6 heteroatoms. The summed E-state index contributed by atoms with van der Waals surface area (Å²) in [4.78, 5) is 17.4. The first-order valence-electron chi connectivity index (χ1n) is 10.2. The second-order valence-corrected chi connectivity index (χ2v) is 7.89. The topological polar surface area (TPSA) is 71.8 Å². The molecule has 2 aromatic rings. The van der Waals surface area contributed by atoms with Crippen molar-refractivity contribution in [2.24, 2.45) is 13.0 Å². The summed E-state index contributed by atoms with van der Waals surface area (Å²) in [7, 11) is 1.86. The highest BCUT2D eigenvalue weighted by molar-refractivity contribution is 5.91. The van der Waals surface area contributed by atoms with Crippen molar-refractivity contribution in [3.63, 3.8) is 0 Å². The fraction of sp³-hybridized carbons (Fsp3) is 0.571. The SMILES string of the molecule is Cn1nc(C2CCNCC2)nc1NC(=O)C1CCC(c2ccccc2)CC1. The lowest BCUT2D eigenvalue weighted by molar-refractivity contribution is -0.120. The summed E-state index contributed by atoms with van der Waals surface area (Å²) in [5, 5.41) is 10.9. The van der Waals surface area contributed by atoms with Gasteiger partial charge in [-0.05, 0) is 63.1 Å². The molecule has 0 radical (unpaired) electrons. The van der Waals surface area contributed by atoms with Crippen molar-refractivity contribution in [2.75, 3.05) is 18.4 Å². The molecular weight excluding hydrogens is 338 g/mol. The van der Waals surface area contributed by atoms with Crippen LogP contribution in [0.2, 0.25) is 0 Å². The van der Waals surface area contributed by atoms with E-state index in [4.69, 9.17) is 0 Å². The first-order chi connectivity index (χ1) is 13.2. The Morgan fingerprint density at radius 3 is 2.44 bits per heavy atom. The maximum absolute atomic E-state index is 12.7. The third-order valence-corrected chi connectivity index (χ3v) is 6.09. The van der Waals surface area contributed by atoms with E-state index in [0.29, 0.717) is 17.8 Å². The Morgan fingerprint density at radius 1 is 1.04 bits per heavy atom. The number of benzene rings is 1. The minimum absolute atomic E-state index is 0.0731. The quantitative estimate of drug-likeness (QED) is 0.870. The summed E-state index contributed by atoms with van der Waals surface area (Å²) in [6, 6.07) is 10.7. The van der Waals surface area contributed by atoms with E-state index in [1.54, 1.807) is 4.68 Å². The second kappa shape index (κ2) is 8.21. The van der Waals surface area contributed by atoms with Gasteiger partial charge in [0.1, 0.15) is 0 Å². The Labute approximate surface area is 160 Å². The summed E-state index contributed by atoms with van der Waals surface area (Å²) in [5.41, 5.74) is 1.40. The van der Waals surface area contributed by atoms with Gasteiger partial charge in [0.15, 0.2) is 5.82 Å². The van der Waals surface area contributed by atoms with Crippen LogP contribution in [0.3, 0.4) is 0 Å². The van der Waals surface area contributed by atoms with Crippen molar-refractivity contribution in [3.05, 3.63) is 41.7 Å². The van der Waals surface area contributed by atoms with Crippen LogP contribution in [0.25, 0.3) is 0 Å². The molecule has 6 nitrogen and oxygen atoms in total. The Bertz CT molecular complexity index is 758. The summed E-state index contributed by atoms with van der Waals surface area (Å²) in [6.07, 6.45) is 6.12. The number of anilines is 1. The molecule has 2 fully saturated rings. The first kappa shape index (κ1) is 18.2. The number of aromatic nitrogens is 3. The van der Waals surface area contributed by atoms with E-state index < -0.39 is 0 Å². The fourth-order valence-corrected chi connectivity index (χ4v) is 4.39. The number of hydrogen-bond acceptors (Lipinski definition) is 4. The first-order valence-corrected chi connectivity index (χ1v) is 10.2. The molecule has 2 aliphatic rings. The Kier molecular flexibility index (Phi) is 5.53. The van der Waals surface area contributed by atoms with Gasteiger partial charge < -0.3 is 5.32 Å². The number of aryl methyl sites for hydroxylation is 1. The molecule has 2 heterocycles. The van der Waals surface area contributed by atoms with Crippen molar-refractivity contribution in [1.29, 1.82) is 0 Å². The van der Waals surface area contributed by atoms with Crippen LogP contribution < -0.4 is 10.6 Å². The molecule has 27 heavy (non-hydrogen) atoms. The van der Waals surface area contributed by atoms with E-state index in [2.05, 4.69) is 51.0 Å². The minimum Gasteiger partial charge on any atom is -0.317 e. The van der Waals surface area contributed by atoms with Gasteiger partial charge in [0.2, 0.25) is 11.9 Å². The Morgan fingerprint density at radius 2 is 1.74 bits per heavy atom. The predicted molar refractivity (Wildman–Crippen MR) is 106 cm³/mol. The van der Waals surface area contributed by atoms with Crippen molar-refractivity contribution in [3.8, 4) is 0 Å². The summed E-state index contributed by atoms with van der Waals surface area (Å²) in [6.45, 7) is 2.02. The molecular formula is C21H29N5O. The highest BCUT2D eigenvalue weighted by Gasteiger charge is 2.28. The van der Waals surface area contributed by atoms with E-state index in [1.807, 2.05) is 7.05 Å². The molecule has 0 spiro atoms. The molecule has 0 unspecified atom stereocenters. The lowest BCUT2D eigenvalue weighted by atomic mass is 9.78. The van der Waals surface area contributed by atoms with Gasteiger partial charge in [0.25, 0.3) is 0 Å². The molecule has 1 aromatic carbocycles. The molecule has 0 atom stereocenters. The lowest BCUT2D eigenvalue weighted by Gasteiger charge is -2.27. The number of carbonyl (C=O) groups is 1. The smallest absolute Gasteiger partial charge is 0.229 e. The van der Waals surface area contributed by atoms with Gasteiger partial charge in [-0.3, -0.25) is 10.1 Å². The van der Waals surface area contributed by atoms with E-state index in [0.717, 1.165) is 57.4 Å². The van der Waals surface area contributed by atoms with E-state index in [1.165, 1.54) is 5.56 Å². The number of rotatable bonds is 4. The average molecular weight is 367 g/mol. The van der Waals surface area contributed by atoms with Crippen LogP contribution in [0.4, 0.5) is 5.95 Å². The van der Waals surface area contributed by atoms with Gasteiger partial charge in [-0.1, -0.05) is 30.3 Å². The molecule has 1 saturated carbocycles. The maximum atomic E-state index is 12.7. The lowest BCUT2D eigenvalue weighted by Crippen LogP contribution is -2.28. The maximum Gasteiger partial charge on any atom is 0.229 e. The zero-order valence-corrected chi connectivity index (χ0v) is 16.0. The van der Waals surface area contributed by atoms with Crippen molar-refractivity contribution in [1.82, 2.24) is 20.1 Å². The molecule has 0 bridgehead atoms. The van der Waals surface area contributed by atoms with Gasteiger partial charge in [-0.2, -0.15) is 10.1 Å². The fourth-order valence-electron chi connectivity index (χ4n) is 4.39. The van der Waals surface area contributed by atoms with E-state index >= 15 is 0 Å². The molecule has 1 aliphatic carbocycles. The third kappa shape index (κ3) is 4.21. The van der Waals surface area contributed by atoms with Gasteiger partial charge in [0.05, 0.1) is 0 Å². The summed E-state index contributed by atoms with van der Waals surface area (Å²) >= 11 is 0. The third-order valence-electron chi connectivity index (χ3n) is 6.09. The number of amides is 1. The summed E-state index contributed by atoms with van der Waals surface area (Å²) < 4.78 is 1.71. The average Bonchev–Trinajstić information content (AvgIpc) is 3.10. The van der Waals surface area contributed by atoms with Crippen molar-refractivity contribution < 1.29 is 4.79 Å². The van der Waals surface area contributed by atoms with E-state index in [-0.39, 0.29) is 11.8 Å². The largest absolute Gasteiger partial charge is 0.317 e. The molecule has 1 amide bonds. The van der Waals surface area contributed by atoms with Crippen LogP contribution in [-0.2, 0) is 11.8 Å². The highest BCUT2D eigenvalue weighted by Crippen LogP contribution is 2.36. The van der Waals surface area contributed by atoms with Crippen molar-refractivity contribution >= 4 is 11.9 Å². The second-order valence-electron chi connectivity index (χ2n) is 7.89. The highest BCUT2D eigenvalue weighted by atomic mass is 16.2. The normalized spacial score (nSPS) is 23.9. The molecule has 1 aliphatic heterocycles. The predicted octanol–water partition coefficient (Wildman–Crippen LogP) is 3.19. The number of carbonyl (C=O) groups excluding carboxylic acids is 1. The number of nitrogens with one attached hydrogen (secondary N) is 2. The minimum atomic E-state index is 0.0731. The van der Waals surface area contributed by atoms with Crippen molar-refractivity contribution in [2.45, 2.75) is 50.4 Å². The van der Waals surface area contributed by atoms with Crippen LogP contribution >= 0.6 is 0 Å². The van der Waals surface area contributed by atoms with Gasteiger partial charge in [0, 0.05) is 18.9 Å². The van der Waals surface area contributed by atoms with Gasteiger partial charge in [-0.15, -0.1) is 0 Å². The van der Waals surface area contributed by atoms with E-state index in [9.17, 15) is 4.79 Å². The Hall–Kier alpha value is -2.21. The van der Waals surface area contributed by atoms with Gasteiger partial charge in [-0.25, -0.2) is 4.68 Å². The van der Waals surface area contributed by atoms with Crippen LogP contribution in [-0.4, -0.2) is 33.8 Å². The van der Waals surface area contributed by atoms with Gasteiger partial charge >= 0.3 is 0 Å². The van der Waals surface area contributed by atoms with Crippen LogP contribution in [0.15, 0.2) is 30.3 Å². The van der Waals surface area contributed by atoms with Crippen LogP contribution in [0.5, 0.6) is 0 Å². The molecule has 4 rings (SSSR count). The monoisotopic (exact) mass is 367 g/mol. The van der Waals surface area contributed by atoms with Crippen LogP contribution in [0, 0.1) is 5.92 Å². The zero-order valence-electron chi connectivity index (χ0n) is 16.0. The standard InChI is InChI=1S/C21H29N5O/c1-26-21(23-19(25-26)17-11-13-22-14-12-17)24-20(27)18-9-7-16(8-10-18)15-5-3-2-4-6-15/h2-6,16-18,22H,7-14H2,1H3,(H,23,24,25,27). The molecule has 144 valence electrons. The molecule has 1 saturated heterocycles.